The van der Waals surface area contributed by atoms with Crippen LogP contribution in [0.5, 0.6) is 0 Å². The zero-order chi connectivity index (χ0) is 17.7. The Morgan fingerprint density at radius 3 is 2.54 bits per heavy atom. The quantitative estimate of drug-likeness (QED) is 0.828. The van der Waals surface area contributed by atoms with Crippen LogP contribution in [-0.2, 0) is 6.54 Å². The van der Waals surface area contributed by atoms with Crippen LogP contribution in [0.3, 0.4) is 0 Å². The Morgan fingerprint density at radius 2 is 2.00 bits per heavy atom. The maximum Gasteiger partial charge on any atom is 0.403 e. The van der Waals surface area contributed by atoms with E-state index in [9.17, 15) is 18.0 Å². The third kappa shape index (κ3) is 5.12. The summed E-state index contributed by atoms with van der Waals surface area (Å²) < 4.78 is 39.9. The van der Waals surface area contributed by atoms with Gasteiger partial charge in [-0.1, -0.05) is 0 Å². The Hall–Kier alpha value is -1.77. The number of urea groups is 1. The van der Waals surface area contributed by atoms with Gasteiger partial charge in [-0.2, -0.15) is 18.3 Å². The molecule has 1 aromatic rings. The topological polar surface area (TPSA) is 53.4 Å². The normalized spacial score (nSPS) is 17.8. The van der Waals surface area contributed by atoms with Crippen molar-refractivity contribution in [2.24, 2.45) is 0 Å². The lowest BCUT2D eigenvalue weighted by Crippen LogP contribution is -2.56. The minimum Gasteiger partial charge on any atom is -0.338 e. The first kappa shape index (κ1) is 18.6. The SMILES string of the molecule is Cc1cnn(CCCNC(=O)N2CCN([C@H](C)C(F)(F)F)CC2)c1. The third-order valence-electron chi connectivity index (χ3n) is 4.23. The minimum atomic E-state index is -4.23. The number of carbonyl (C=O) groups is 1. The molecule has 1 aliphatic rings. The molecular formula is C15H24F3N5O. The summed E-state index contributed by atoms with van der Waals surface area (Å²) in [5, 5.41) is 6.97. The number of aryl methyl sites for hydroxylation is 2. The van der Waals surface area contributed by atoms with Crippen molar-refractivity contribution in [3.05, 3.63) is 18.0 Å². The van der Waals surface area contributed by atoms with Gasteiger partial charge in [0.1, 0.15) is 6.04 Å². The number of hydrogen-bond acceptors (Lipinski definition) is 3. The molecule has 2 rings (SSSR count). The fourth-order valence-corrected chi connectivity index (χ4v) is 2.66. The second-order valence-electron chi connectivity index (χ2n) is 6.11. The highest BCUT2D eigenvalue weighted by Crippen LogP contribution is 2.25. The number of alkyl halides is 3. The maximum atomic E-state index is 12.7. The van der Waals surface area contributed by atoms with Gasteiger partial charge in [-0.15, -0.1) is 0 Å². The van der Waals surface area contributed by atoms with E-state index in [4.69, 9.17) is 0 Å². The lowest BCUT2D eigenvalue weighted by Gasteiger charge is -2.38. The second-order valence-corrected chi connectivity index (χ2v) is 6.11. The van der Waals surface area contributed by atoms with Gasteiger partial charge in [0.25, 0.3) is 0 Å². The predicted octanol–water partition coefficient (Wildman–Crippen LogP) is 1.86. The van der Waals surface area contributed by atoms with Gasteiger partial charge in [-0.05, 0) is 25.8 Å². The summed E-state index contributed by atoms with van der Waals surface area (Å²) in [6.07, 6.45) is 0.232. The molecule has 2 amide bonds. The molecule has 0 unspecified atom stereocenters. The number of halogens is 3. The maximum absolute atomic E-state index is 12.7. The van der Waals surface area contributed by atoms with Crippen molar-refractivity contribution in [3.63, 3.8) is 0 Å². The van der Waals surface area contributed by atoms with Gasteiger partial charge >= 0.3 is 12.2 Å². The fourth-order valence-electron chi connectivity index (χ4n) is 2.66. The number of hydrogen-bond donors (Lipinski definition) is 1. The number of amides is 2. The number of rotatable bonds is 5. The molecule has 0 radical (unpaired) electrons. The monoisotopic (exact) mass is 347 g/mol. The number of nitrogens with zero attached hydrogens (tertiary/aromatic N) is 4. The summed E-state index contributed by atoms with van der Waals surface area (Å²) in [5.74, 6) is 0. The molecule has 0 saturated carbocycles. The van der Waals surface area contributed by atoms with Gasteiger partial charge in [-0.3, -0.25) is 9.58 Å². The second kappa shape index (κ2) is 7.87. The molecule has 1 fully saturated rings. The average molecular weight is 347 g/mol. The van der Waals surface area contributed by atoms with Gasteiger partial charge < -0.3 is 10.2 Å². The van der Waals surface area contributed by atoms with Crippen LogP contribution in [0.1, 0.15) is 18.9 Å². The molecule has 24 heavy (non-hydrogen) atoms. The fraction of sp³-hybridized carbons (Fsp3) is 0.733. The van der Waals surface area contributed by atoms with Crippen LogP contribution in [0, 0.1) is 6.92 Å². The van der Waals surface area contributed by atoms with Crippen LogP contribution in [0.2, 0.25) is 0 Å². The van der Waals surface area contributed by atoms with Gasteiger partial charge in [0.2, 0.25) is 0 Å². The number of piperazine rings is 1. The third-order valence-corrected chi connectivity index (χ3v) is 4.23. The van der Waals surface area contributed by atoms with E-state index in [0.717, 1.165) is 18.9 Å². The summed E-state index contributed by atoms with van der Waals surface area (Å²) in [6, 6.07) is -1.69. The van der Waals surface area contributed by atoms with Gasteiger partial charge in [0, 0.05) is 45.5 Å². The molecule has 0 bridgehead atoms. The molecule has 1 N–H and O–H groups in total. The molecule has 9 heteroatoms. The Kier molecular flexibility index (Phi) is 6.09. The molecular weight excluding hydrogens is 323 g/mol. The zero-order valence-corrected chi connectivity index (χ0v) is 14.0. The molecule has 1 atom stereocenters. The van der Waals surface area contributed by atoms with Crippen molar-refractivity contribution in [1.29, 1.82) is 0 Å². The standard InChI is InChI=1S/C15H24F3N5O/c1-12-10-20-23(11-12)5-3-4-19-14(24)22-8-6-21(7-9-22)13(2)15(16,17)18/h10-11,13H,3-9H2,1-2H3,(H,19,24)/t13-/m1/s1. The van der Waals surface area contributed by atoms with Crippen LogP contribution in [0.25, 0.3) is 0 Å². The van der Waals surface area contributed by atoms with Crippen LogP contribution in [-0.4, -0.2) is 70.6 Å². The van der Waals surface area contributed by atoms with Crippen LogP contribution in [0.4, 0.5) is 18.0 Å². The van der Waals surface area contributed by atoms with E-state index in [-0.39, 0.29) is 19.1 Å². The zero-order valence-electron chi connectivity index (χ0n) is 14.0. The minimum absolute atomic E-state index is 0.217. The Balaban J connectivity index is 1.65. The smallest absolute Gasteiger partial charge is 0.338 e. The highest BCUT2D eigenvalue weighted by atomic mass is 19.4. The van der Waals surface area contributed by atoms with E-state index in [1.165, 1.54) is 4.90 Å². The molecule has 1 aromatic heterocycles. The molecule has 136 valence electrons. The van der Waals surface area contributed by atoms with Crippen LogP contribution in [0.15, 0.2) is 12.4 Å². The van der Waals surface area contributed by atoms with E-state index in [1.54, 1.807) is 11.1 Å². The summed E-state index contributed by atoms with van der Waals surface area (Å²) in [7, 11) is 0. The Bertz CT molecular complexity index is 537. The van der Waals surface area contributed by atoms with Gasteiger partial charge in [0.05, 0.1) is 6.20 Å². The molecule has 0 spiro atoms. The number of carbonyl (C=O) groups excluding carboxylic acids is 1. The molecule has 6 nitrogen and oxygen atoms in total. The van der Waals surface area contributed by atoms with E-state index >= 15 is 0 Å². The lowest BCUT2D eigenvalue weighted by molar-refractivity contribution is -0.181. The van der Waals surface area contributed by atoms with Crippen molar-refractivity contribution in [2.45, 2.75) is 39.0 Å². The molecule has 0 aromatic carbocycles. The van der Waals surface area contributed by atoms with Crippen molar-refractivity contribution in [1.82, 2.24) is 24.9 Å². The van der Waals surface area contributed by atoms with Crippen molar-refractivity contribution in [2.75, 3.05) is 32.7 Å². The van der Waals surface area contributed by atoms with Crippen molar-refractivity contribution < 1.29 is 18.0 Å². The summed E-state index contributed by atoms with van der Waals surface area (Å²) in [6.45, 7) is 5.44. The lowest BCUT2D eigenvalue weighted by atomic mass is 10.2. The van der Waals surface area contributed by atoms with E-state index in [2.05, 4.69) is 10.4 Å². The highest BCUT2D eigenvalue weighted by molar-refractivity contribution is 5.74. The number of nitrogens with one attached hydrogen (secondary N) is 1. The number of aromatic nitrogens is 2. The average Bonchev–Trinajstić information content (AvgIpc) is 2.95. The molecule has 1 aliphatic heterocycles. The molecule has 0 aliphatic carbocycles. The first-order valence-corrected chi connectivity index (χ1v) is 8.10. The van der Waals surface area contributed by atoms with Crippen molar-refractivity contribution in [3.8, 4) is 0 Å². The van der Waals surface area contributed by atoms with Gasteiger partial charge in [-0.25, -0.2) is 4.79 Å². The highest BCUT2D eigenvalue weighted by Gasteiger charge is 2.41. The van der Waals surface area contributed by atoms with Gasteiger partial charge in [0.15, 0.2) is 0 Å². The molecule has 2 heterocycles. The van der Waals surface area contributed by atoms with E-state index in [0.29, 0.717) is 26.2 Å². The van der Waals surface area contributed by atoms with Crippen molar-refractivity contribution >= 4 is 6.03 Å². The summed E-state index contributed by atoms with van der Waals surface area (Å²) in [5.41, 5.74) is 1.09. The van der Waals surface area contributed by atoms with Crippen LogP contribution >= 0.6 is 0 Å². The van der Waals surface area contributed by atoms with Crippen LogP contribution < -0.4 is 5.32 Å². The Morgan fingerprint density at radius 1 is 1.33 bits per heavy atom. The molecule has 1 saturated heterocycles. The summed E-state index contributed by atoms with van der Waals surface area (Å²) in [4.78, 5) is 15.0. The van der Waals surface area contributed by atoms with E-state index < -0.39 is 12.2 Å². The summed E-state index contributed by atoms with van der Waals surface area (Å²) >= 11 is 0. The van der Waals surface area contributed by atoms with E-state index in [1.807, 2.05) is 17.8 Å². The predicted molar refractivity (Wildman–Crippen MR) is 83.6 cm³/mol. The first-order valence-electron chi connectivity index (χ1n) is 8.10. The largest absolute Gasteiger partial charge is 0.403 e. The Labute approximate surface area is 139 Å². The first-order chi connectivity index (χ1) is 11.3.